The molecular weight excluding hydrogens is 452 g/mol. The lowest BCUT2D eigenvalue weighted by Gasteiger charge is -2.09. The maximum atomic E-state index is 5.60. The van der Waals surface area contributed by atoms with Gasteiger partial charge in [0.2, 0.25) is 0 Å². The Morgan fingerprint density at radius 3 is 2.76 bits per heavy atom. The van der Waals surface area contributed by atoms with Gasteiger partial charge in [0, 0.05) is 23.1 Å². The van der Waals surface area contributed by atoms with E-state index < -0.39 is 0 Å². The molecule has 3 heterocycles. The summed E-state index contributed by atoms with van der Waals surface area (Å²) in [6.07, 6.45) is 2.53. The number of ether oxygens (including phenoxy) is 1. The molecule has 2 aromatic carbocycles. The van der Waals surface area contributed by atoms with Crippen molar-refractivity contribution in [2.75, 3.05) is 7.11 Å². The lowest BCUT2D eigenvalue weighted by Crippen LogP contribution is -2.03. The molecular formula is C25H22N4O2S2. The van der Waals surface area contributed by atoms with Crippen molar-refractivity contribution in [3.63, 3.8) is 0 Å². The van der Waals surface area contributed by atoms with E-state index in [9.17, 15) is 0 Å². The summed E-state index contributed by atoms with van der Waals surface area (Å²) in [4.78, 5) is 4.82. The number of rotatable bonds is 9. The first-order chi connectivity index (χ1) is 16.3. The van der Waals surface area contributed by atoms with Crippen LogP contribution < -0.4 is 4.74 Å². The number of furan rings is 1. The van der Waals surface area contributed by atoms with Crippen molar-refractivity contribution < 1.29 is 9.15 Å². The van der Waals surface area contributed by atoms with Gasteiger partial charge >= 0.3 is 0 Å². The van der Waals surface area contributed by atoms with E-state index in [1.54, 1.807) is 36.5 Å². The molecule has 0 saturated heterocycles. The molecule has 0 aliphatic heterocycles. The first-order valence-electron chi connectivity index (χ1n) is 10.5. The van der Waals surface area contributed by atoms with Crippen LogP contribution in [-0.4, -0.2) is 26.9 Å². The maximum absolute atomic E-state index is 5.60. The van der Waals surface area contributed by atoms with Gasteiger partial charge in [-0.25, -0.2) is 4.98 Å². The van der Waals surface area contributed by atoms with Crippen molar-refractivity contribution in [1.29, 1.82) is 0 Å². The van der Waals surface area contributed by atoms with E-state index in [0.717, 1.165) is 50.9 Å². The van der Waals surface area contributed by atoms with Gasteiger partial charge in [-0.2, -0.15) is 0 Å². The molecule has 0 spiro atoms. The van der Waals surface area contributed by atoms with Crippen molar-refractivity contribution in [2.45, 2.75) is 23.9 Å². The molecule has 0 radical (unpaired) electrons. The van der Waals surface area contributed by atoms with Gasteiger partial charge < -0.3 is 9.15 Å². The van der Waals surface area contributed by atoms with Crippen molar-refractivity contribution in [2.24, 2.45) is 0 Å². The Bertz CT molecular complexity index is 1310. The second kappa shape index (κ2) is 10.1. The van der Waals surface area contributed by atoms with E-state index in [0.29, 0.717) is 6.54 Å². The minimum Gasteiger partial charge on any atom is -0.497 e. The highest BCUT2D eigenvalue weighted by molar-refractivity contribution is 7.98. The molecule has 6 nitrogen and oxygen atoms in total. The van der Waals surface area contributed by atoms with Gasteiger partial charge in [-0.05, 0) is 29.8 Å². The Balaban J connectivity index is 1.36. The Kier molecular flexibility index (Phi) is 6.55. The topological polar surface area (TPSA) is 66.0 Å². The number of nitrogens with zero attached hydrogens (tertiary/aromatic N) is 4. The SMILES string of the molecule is COc1cccc(-c2nnc(SCc3csc(Cc4ccccc4)n3)n2Cc2ccco2)c1. The highest BCUT2D eigenvalue weighted by atomic mass is 32.2. The normalized spacial score (nSPS) is 11.1. The molecule has 0 aliphatic carbocycles. The largest absolute Gasteiger partial charge is 0.497 e. The van der Waals surface area contributed by atoms with Crippen molar-refractivity contribution >= 4 is 23.1 Å². The Morgan fingerprint density at radius 2 is 1.94 bits per heavy atom. The quantitative estimate of drug-likeness (QED) is 0.247. The highest BCUT2D eigenvalue weighted by Gasteiger charge is 2.17. The molecule has 0 amide bonds. The van der Waals surface area contributed by atoms with Crippen molar-refractivity contribution in [3.8, 4) is 17.1 Å². The number of benzene rings is 2. The Hall–Kier alpha value is -3.36. The summed E-state index contributed by atoms with van der Waals surface area (Å²) in [5.74, 6) is 3.12. The van der Waals surface area contributed by atoms with Crippen LogP contribution in [0.25, 0.3) is 11.4 Å². The molecule has 0 bridgehead atoms. The lowest BCUT2D eigenvalue weighted by atomic mass is 10.2. The molecule has 0 atom stereocenters. The summed E-state index contributed by atoms with van der Waals surface area (Å²) in [6, 6.07) is 22.1. The minimum atomic E-state index is 0.547. The predicted molar refractivity (Wildman–Crippen MR) is 131 cm³/mol. The third-order valence-corrected chi connectivity index (χ3v) is 6.98. The minimum absolute atomic E-state index is 0.547. The monoisotopic (exact) mass is 474 g/mol. The van der Waals surface area contributed by atoms with E-state index >= 15 is 0 Å². The van der Waals surface area contributed by atoms with Crippen LogP contribution in [0.4, 0.5) is 0 Å². The van der Waals surface area contributed by atoms with Gasteiger partial charge in [-0.1, -0.05) is 54.2 Å². The molecule has 8 heteroatoms. The Labute approximate surface area is 200 Å². The van der Waals surface area contributed by atoms with Crippen molar-refractivity contribution in [1.82, 2.24) is 19.7 Å². The molecule has 0 unspecified atom stereocenters. The van der Waals surface area contributed by atoms with Crippen LogP contribution in [-0.2, 0) is 18.7 Å². The number of thioether (sulfide) groups is 1. The molecule has 33 heavy (non-hydrogen) atoms. The summed E-state index contributed by atoms with van der Waals surface area (Å²) in [6.45, 7) is 0.547. The first kappa shape index (κ1) is 21.5. The van der Waals surface area contributed by atoms with Gasteiger partial charge in [-0.3, -0.25) is 4.57 Å². The van der Waals surface area contributed by atoms with Crippen LogP contribution in [0, 0.1) is 0 Å². The summed E-state index contributed by atoms with van der Waals surface area (Å²) in [5.41, 5.74) is 3.26. The predicted octanol–water partition coefficient (Wildman–Crippen LogP) is 5.93. The number of thiazole rings is 1. The molecule has 5 rings (SSSR count). The fraction of sp³-hybridized carbons (Fsp3) is 0.160. The van der Waals surface area contributed by atoms with Gasteiger partial charge in [0.15, 0.2) is 11.0 Å². The maximum Gasteiger partial charge on any atom is 0.192 e. The zero-order valence-electron chi connectivity index (χ0n) is 18.0. The summed E-state index contributed by atoms with van der Waals surface area (Å²) in [7, 11) is 1.66. The number of aromatic nitrogens is 4. The molecule has 0 N–H and O–H groups in total. The average molecular weight is 475 g/mol. The average Bonchev–Trinajstić information content (AvgIpc) is 3.61. The van der Waals surface area contributed by atoms with Crippen LogP contribution >= 0.6 is 23.1 Å². The summed E-state index contributed by atoms with van der Waals surface area (Å²) < 4.78 is 13.1. The van der Waals surface area contributed by atoms with E-state index in [1.807, 2.05) is 42.5 Å². The summed E-state index contributed by atoms with van der Waals surface area (Å²) in [5, 5.41) is 13.0. The van der Waals surface area contributed by atoms with Crippen LogP contribution in [0.15, 0.2) is 87.9 Å². The number of hydrogen-bond donors (Lipinski definition) is 0. The molecule has 0 saturated carbocycles. The van der Waals surface area contributed by atoms with E-state index in [4.69, 9.17) is 14.1 Å². The van der Waals surface area contributed by atoms with Crippen LogP contribution in [0.1, 0.15) is 22.0 Å². The van der Waals surface area contributed by atoms with Crippen LogP contribution in [0.2, 0.25) is 0 Å². The second-order valence-electron chi connectivity index (χ2n) is 7.39. The standard InChI is InChI=1S/C25H22N4O2S2/c1-30-21-10-5-9-19(14-21)24-27-28-25(29(24)15-22-11-6-12-31-22)33-17-20-16-32-23(26-20)13-18-7-3-2-4-8-18/h2-12,14,16H,13,15,17H2,1H3. The fourth-order valence-corrected chi connectivity index (χ4v) is 5.24. The van der Waals surface area contributed by atoms with E-state index in [1.165, 1.54) is 5.56 Å². The molecule has 0 fully saturated rings. The molecule has 166 valence electrons. The third kappa shape index (κ3) is 5.18. The van der Waals surface area contributed by atoms with Gasteiger partial charge in [-0.15, -0.1) is 21.5 Å². The zero-order chi connectivity index (χ0) is 22.5. The van der Waals surface area contributed by atoms with Gasteiger partial charge in [0.25, 0.3) is 0 Å². The lowest BCUT2D eigenvalue weighted by molar-refractivity contribution is 0.415. The zero-order valence-corrected chi connectivity index (χ0v) is 19.7. The third-order valence-electron chi connectivity index (χ3n) is 5.09. The van der Waals surface area contributed by atoms with E-state index in [2.05, 4.69) is 44.4 Å². The van der Waals surface area contributed by atoms with Crippen LogP contribution in [0.5, 0.6) is 5.75 Å². The van der Waals surface area contributed by atoms with Gasteiger partial charge in [0.05, 0.1) is 30.6 Å². The number of methoxy groups -OCH3 is 1. The first-order valence-corrected chi connectivity index (χ1v) is 12.3. The molecule has 0 aliphatic rings. The van der Waals surface area contributed by atoms with Crippen molar-refractivity contribution in [3.05, 3.63) is 100 Å². The second-order valence-corrected chi connectivity index (χ2v) is 9.27. The number of hydrogen-bond acceptors (Lipinski definition) is 7. The molecule has 3 aromatic heterocycles. The highest BCUT2D eigenvalue weighted by Crippen LogP contribution is 2.29. The van der Waals surface area contributed by atoms with Crippen LogP contribution in [0.3, 0.4) is 0 Å². The Morgan fingerprint density at radius 1 is 1.03 bits per heavy atom. The molecule has 5 aromatic rings. The fourth-order valence-electron chi connectivity index (χ4n) is 3.48. The smallest absolute Gasteiger partial charge is 0.192 e. The van der Waals surface area contributed by atoms with Gasteiger partial charge in [0.1, 0.15) is 11.5 Å². The summed E-state index contributed by atoms with van der Waals surface area (Å²) >= 11 is 3.33. The van der Waals surface area contributed by atoms with E-state index in [-0.39, 0.29) is 0 Å².